The van der Waals surface area contributed by atoms with Crippen LogP contribution in [0.3, 0.4) is 0 Å². The maximum absolute atomic E-state index is 12.8. The molecule has 2 saturated heterocycles. The van der Waals surface area contributed by atoms with E-state index in [0.717, 1.165) is 63.4 Å². The number of carbonyl (C=O) groups excluding carboxylic acids is 2. The van der Waals surface area contributed by atoms with Gasteiger partial charge in [0.05, 0.1) is 26.4 Å². The Balaban J connectivity index is 1.38. The molecule has 2 fully saturated rings. The number of benzene rings is 2. The molecule has 2 aliphatic heterocycles. The first-order valence-electron chi connectivity index (χ1n) is 13.1. The van der Waals surface area contributed by atoms with Crippen LogP contribution in [0, 0.1) is 0 Å². The Morgan fingerprint density at radius 2 is 1.81 bits per heavy atom. The van der Waals surface area contributed by atoms with Crippen LogP contribution >= 0.6 is 0 Å². The highest BCUT2D eigenvalue weighted by Gasteiger charge is 2.43. The Morgan fingerprint density at radius 1 is 1.08 bits per heavy atom. The predicted molar refractivity (Wildman–Crippen MR) is 140 cm³/mol. The van der Waals surface area contributed by atoms with E-state index < -0.39 is 18.2 Å². The van der Waals surface area contributed by atoms with Gasteiger partial charge in [-0.15, -0.1) is 0 Å². The lowest BCUT2D eigenvalue weighted by Gasteiger charge is -2.26. The number of hydrogen-bond donors (Lipinski definition) is 2. The number of nitrogens with one attached hydrogen (secondary N) is 1. The second-order valence-electron chi connectivity index (χ2n) is 9.30. The number of nitrogens with zero attached hydrogens (tertiary/aromatic N) is 2. The minimum atomic E-state index is -0.700. The molecule has 2 amide bonds. The molecule has 2 atom stereocenters. The first-order chi connectivity index (χ1) is 18.1. The second kappa shape index (κ2) is 13.4. The number of hydrogen-bond acceptors (Lipinski definition) is 7. The number of unbranched alkanes of at least 4 members (excludes halogenated alkanes) is 1. The number of morpholine rings is 1. The Labute approximate surface area is 218 Å². The van der Waals surface area contributed by atoms with Crippen LogP contribution < -0.4 is 15.0 Å². The van der Waals surface area contributed by atoms with Gasteiger partial charge in [0.15, 0.2) is 6.10 Å². The highest BCUT2D eigenvalue weighted by molar-refractivity contribution is 5.96. The van der Waals surface area contributed by atoms with Gasteiger partial charge in [0.2, 0.25) is 0 Å². The van der Waals surface area contributed by atoms with E-state index in [0.29, 0.717) is 24.4 Å². The van der Waals surface area contributed by atoms with E-state index in [2.05, 4.69) is 17.1 Å². The van der Waals surface area contributed by atoms with Crippen LogP contribution in [0.1, 0.15) is 48.1 Å². The van der Waals surface area contributed by atoms with Gasteiger partial charge in [0.1, 0.15) is 11.8 Å². The molecule has 37 heavy (non-hydrogen) atoms. The number of ether oxygens (including phenoxy) is 3. The third-order valence-corrected chi connectivity index (χ3v) is 6.70. The summed E-state index contributed by atoms with van der Waals surface area (Å²) in [5.41, 5.74) is 1.94. The summed E-state index contributed by atoms with van der Waals surface area (Å²) in [5.74, 6) is 0.607. The average molecular weight is 512 g/mol. The maximum Gasteiger partial charge on any atom is 0.415 e. The van der Waals surface area contributed by atoms with Crippen LogP contribution in [-0.2, 0) is 9.47 Å². The number of cyclic esters (lactones) is 1. The van der Waals surface area contributed by atoms with Crippen LogP contribution in [-0.4, -0.2) is 80.7 Å². The fraction of sp³-hybridized carbons (Fsp3) is 0.500. The normalized spacial score (nSPS) is 20.1. The Morgan fingerprint density at radius 3 is 2.49 bits per heavy atom. The van der Waals surface area contributed by atoms with Crippen LogP contribution in [0.25, 0.3) is 0 Å². The van der Waals surface area contributed by atoms with Crippen molar-refractivity contribution in [3.63, 3.8) is 0 Å². The predicted octanol–water partition coefficient (Wildman–Crippen LogP) is 3.38. The van der Waals surface area contributed by atoms with Crippen molar-refractivity contribution in [2.75, 3.05) is 57.5 Å². The third-order valence-electron chi connectivity index (χ3n) is 6.70. The molecule has 9 nitrogen and oxygen atoms in total. The first-order valence-corrected chi connectivity index (χ1v) is 13.1. The van der Waals surface area contributed by atoms with Crippen molar-refractivity contribution >= 4 is 17.7 Å². The number of amides is 2. The van der Waals surface area contributed by atoms with Crippen molar-refractivity contribution in [3.8, 4) is 5.75 Å². The first kappa shape index (κ1) is 26.9. The number of rotatable bonds is 12. The zero-order valence-corrected chi connectivity index (χ0v) is 21.4. The highest BCUT2D eigenvalue weighted by Crippen LogP contribution is 2.38. The summed E-state index contributed by atoms with van der Waals surface area (Å²) < 4.78 is 16.6. The molecular formula is C28H37N3O6. The van der Waals surface area contributed by atoms with Crippen LogP contribution in [0.4, 0.5) is 10.5 Å². The SMILES string of the molecule is CCCCOc1ccc([C@@H]2[C@@H](CO)OC(=O)N2c2ccc(C(=O)NCCCN3CCOCC3)cc2)cc1. The molecule has 9 heteroatoms. The van der Waals surface area contributed by atoms with Gasteiger partial charge in [0.25, 0.3) is 5.91 Å². The number of anilines is 1. The van der Waals surface area contributed by atoms with Gasteiger partial charge < -0.3 is 24.6 Å². The van der Waals surface area contributed by atoms with Gasteiger partial charge in [-0.05, 0) is 61.3 Å². The maximum atomic E-state index is 12.8. The molecule has 0 bridgehead atoms. The van der Waals surface area contributed by atoms with Gasteiger partial charge in [-0.3, -0.25) is 14.6 Å². The Hall–Kier alpha value is -3.14. The lowest BCUT2D eigenvalue weighted by atomic mass is 10.00. The molecule has 0 aliphatic carbocycles. The highest BCUT2D eigenvalue weighted by atomic mass is 16.6. The minimum absolute atomic E-state index is 0.152. The lowest BCUT2D eigenvalue weighted by molar-refractivity contribution is 0.0374. The fourth-order valence-corrected chi connectivity index (χ4v) is 4.60. The number of aliphatic hydroxyl groups is 1. The summed E-state index contributed by atoms with van der Waals surface area (Å²) >= 11 is 0. The monoisotopic (exact) mass is 511 g/mol. The Kier molecular flexibility index (Phi) is 9.76. The molecule has 4 rings (SSSR count). The summed E-state index contributed by atoms with van der Waals surface area (Å²) in [6, 6.07) is 13.9. The van der Waals surface area contributed by atoms with Crippen molar-refractivity contribution in [2.45, 2.75) is 38.3 Å². The molecular weight excluding hydrogens is 474 g/mol. The molecule has 0 saturated carbocycles. The van der Waals surface area contributed by atoms with Crippen molar-refractivity contribution in [1.29, 1.82) is 0 Å². The average Bonchev–Trinajstić information content (AvgIpc) is 3.28. The molecule has 2 N–H and O–H groups in total. The summed E-state index contributed by atoms with van der Waals surface area (Å²) in [6.45, 7) is 7.39. The summed E-state index contributed by atoms with van der Waals surface area (Å²) in [4.78, 5) is 29.2. The van der Waals surface area contributed by atoms with Gasteiger partial charge in [-0.2, -0.15) is 0 Å². The number of aliphatic hydroxyl groups excluding tert-OH is 1. The summed E-state index contributed by atoms with van der Waals surface area (Å²) in [7, 11) is 0. The molecule has 2 aromatic rings. The second-order valence-corrected chi connectivity index (χ2v) is 9.30. The fourth-order valence-electron chi connectivity index (χ4n) is 4.60. The topological polar surface area (TPSA) is 101 Å². The zero-order valence-electron chi connectivity index (χ0n) is 21.4. The molecule has 200 valence electrons. The lowest BCUT2D eigenvalue weighted by Crippen LogP contribution is -2.38. The van der Waals surface area contributed by atoms with Crippen molar-refractivity contribution in [2.24, 2.45) is 0 Å². The van der Waals surface area contributed by atoms with E-state index in [1.54, 1.807) is 24.3 Å². The van der Waals surface area contributed by atoms with E-state index in [9.17, 15) is 14.7 Å². The van der Waals surface area contributed by atoms with Gasteiger partial charge in [-0.1, -0.05) is 25.5 Å². The minimum Gasteiger partial charge on any atom is -0.494 e. The molecule has 0 spiro atoms. The van der Waals surface area contributed by atoms with E-state index in [-0.39, 0.29) is 12.5 Å². The van der Waals surface area contributed by atoms with Crippen LogP contribution in [0.15, 0.2) is 48.5 Å². The molecule has 0 unspecified atom stereocenters. The quantitative estimate of drug-likeness (QED) is 0.422. The molecule has 2 aliphatic rings. The third kappa shape index (κ3) is 7.00. The largest absolute Gasteiger partial charge is 0.494 e. The van der Waals surface area contributed by atoms with E-state index in [1.807, 2.05) is 24.3 Å². The van der Waals surface area contributed by atoms with E-state index >= 15 is 0 Å². The van der Waals surface area contributed by atoms with Gasteiger partial charge >= 0.3 is 6.09 Å². The standard InChI is InChI=1S/C28H37N3O6/c1-2-3-17-36-24-11-7-21(8-12-24)26-25(20-32)37-28(34)31(26)23-9-5-22(6-10-23)27(33)29-13-4-14-30-15-18-35-19-16-30/h5-12,25-26,32H,2-4,13-20H2,1H3,(H,29,33)/t25-,26-/m1/s1. The van der Waals surface area contributed by atoms with Crippen molar-refractivity contribution < 1.29 is 28.9 Å². The van der Waals surface area contributed by atoms with Crippen LogP contribution in [0.5, 0.6) is 5.75 Å². The number of carbonyl (C=O) groups is 2. The molecule has 2 heterocycles. The summed E-state index contributed by atoms with van der Waals surface area (Å²) in [5, 5.41) is 12.9. The smallest absolute Gasteiger partial charge is 0.415 e. The molecule has 0 aromatic heterocycles. The van der Waals surface area contributed by atoms with E-state index in [4.69, 9.17) is 14.2 Å². The van der Waals surface area contributed by atoms with Gasteiger partial charge in [0, 0.05) is 30.9 Å². The molecule has 0 radical (unpaired) electrons. The zero-order chi connectivity index (χ0) is 26.0. The van der Waals surface area contributed by atoms with E-state index in [1.165, 1.54) is 4.90 Å². The van der Waals surface area contributed by atoms with Gasteiger partial charge in [-0.25, -0.2) is 4.79 Å². The van der Waals surface area contributed by atoms with Crippen molar-refractivity contribution in [1.82, 2.24) is 10.2 Å². The molecule has 2 aromatic carbocycles. The summed E-state index contributed by atoms with van der Waals surface area (Å²) in [6.07, 6.45) is 1.68. The van der Waals surface area contributed by atoms with Crippen molar-refractivity contribution in [3.05, 3.63) is 59.7 Å². The Bertz CT molecular complexity index is 1010. The van der Waals surface area contributed by atoms with Crippen LogP contribution in [0.2, 0.25) is 0 Å².